The number of aromatic amines is 1. The van der Waals surface area contributed by atoms with E-state index in [0.29, 0.717) is 33.9 Å². The number of hydrogen-bond acceptors (Lipinski definition) is 8. The molecule has 1 aliphatic heterocycles. The van der Waals surface area contributed by atoms with Crippen molar-refractivity contribution in [2.75, 3.05) is 55.4 Å². The second-order valence-corrected chi connectivity index (χ2v) is 11.4. The minimum absolute atomic E-state index is 0.128. The first kappa shape index (κ1) is 27.5. The minimum atomic E-state index is -0.413. The van der Waals surface area contributed by atoms with Gasteiger partial charge in [0.15, 0.2) is 5.78 Å². The highest BCUT2D eigenvalue weighted by Crippen LogP contribution is 2.32. The maximum absolute atomic E-state index is 13.5. The van der Waals surface area contributed by atoms with Gasteiger partial charge in [-0.25, -0.2) is 4.39 Å². The molecule has 210 valence electrons. The molecule has 2 aromatic heterocycles. The summed E-state index contributed by atoms with van der Waals surface area (Å²) in [6.07, 6.45) is 1.59. The number of nitrogens with zero attached hydrogens (tertiary/aromatic N) is 4. The zero-order valence-electron chi connectivity index (χ0n) is 23.3. The Bertz CT molecular complexity index is 1470. The van der Waals surface area contributed by atoms with Crippen LogP contribution in [0.4, 0.5) is 27.5 Å². The smallest absolute Gasteiger partial charge is 0.231 e. The van der Waals surface area contributed by atoms with Gasteiger partial charge in [-0.15, -0.1) is 0 Å². The summed E-state index contributed by atoms with van der Waals surface area (Å²) in [5, 5.41) is 17.3. The molecule has 4 N–H and O–H groups in total. The average Bonchev–Trinajstić information content (AvgIpc) is 3.36. The lowest BCUT2D eigenvalue weighted by Gasteiger charge is -2.34. The van der Waals surface area contributed by atoms with Crippen LogP contribution in [0.5, 0.6) is 0 Å². The number of aromatic nitrogens is 3. The highest BCUT2D eigenvalue weighted by molar-refractivity contribution is 6.18. The van der Waals surface area contributed by atoms with Crippen LogP contribution in [0.1, 0.15) is 36.7 Å². The fourth-order valence-electron chi connectivity index (χ4n) is 4.78. The molecule has 10 heteroatoms. The van der Waals surface area contributed by atoms with Crippen LogP contribution in [-0.4, -0.2) is 76.6 Å². The summed E-state index contributed by atoms with van der Waals surface area (Å²) in [4.78, 5) is 30.6. The lowest BCUT2D eigenvalue weighted by atomic mass is 9.87. The topological polar surface area (TPSA) is 109 Å². The van der Waals surface area contributed by atoms with Gasteiger partial charge in [-0.3, -0.25) is 4.79 Å². The number of rotatable bonds is 8. The fourth-order valence-corrected chi connectivity index (χ4v) is 4.78. The molecule has 0 bridgehead atoms. The van der Waals surface area contributed by atoms with Crippen molar-refractivity contribution < 1.29 is 14.3 Å². The van der Waals surface area contributed by atoms with E-state index >= 15 is 0 Å². The lowest BCUT2D eigenvalue weighted by Crippen LogP contribution is -2.44. The standard InChI is InChI=1S/C30H36FN7O2/c1-30(2,3)24(18-39)34-28-25-23(26(40)19-5-7-20(31)8-6-19)17-32-27(25)35-29(36-28)33-21-9-11-22(12-10-21)38-15-13-37(4)14-16-38/h5-12,17,24,39H,13-16,18H2,1-4H3,(H3,32,33,34,35,36)/t24-/m1/s1. The molecule has 0 unspecified atom stereocenters. The van der Waals surface area contributed by atoms with E-state index in [-0.39, 0.29) is 23.8 Å². The first-order valence-electron chi connectivity index (χ1n) is 13.5. The first-order chi connectivity index (χ1) is 19.1. The second kappa shape index (κ2) is 11.2. The Balaban J connectivity index is 1.48. The lowest BCUT2D eigenvalue weighted by molar-refractivity contribution is 0.104. The van der Waals surface area contributed by atoms with Crippen molar-refractivity contribution in [1.29, 1.82) is 0 Å². The van der Waals surface area contributed by atoms with Gasteiger partial charge in [0.1, 0.15) is 17.3 Å². The van der Waals surface area contributed by atoms with Gasteiger partial charge < -0.3 is 30.5 Å². The minimum Gasteiger partial charge on any atom is -0.394 e. The number of piperazine rings is 1. The first-order valence-corrected chi connectivity index (χ1v) is 13.5. The maximum atomic E-state index is 13.5. The van der Waals surface area contributed by atoms with E-state index in [0.717, 1.165) is 31.9 Å². The number of anilines is 4. The van der Waals surface area contributed by atoms with Crippen LogP contribution in [-0.2, 0) is 0 Å². The van der Waals surface area contributed by atoms with Crippen molar-refractivity contribution in [2.24, 2.45) is 5.41 Å². The summed E-state index contributed by atoms with van der Waals surface area (Å²) < 4.78 is 13.5. The number of H-pyrrole nitrogens is 1. The third kappa shape index (κ3) is 5.93. The van der Waals surface area contributed by atoms with Crippen molar-refractivity contribution >= 4 is 40.0 Å². The zero-order valence-corrected chi connectivity index (χ0v) is 23.3. The van der Waals surface area contributed by atoms with Gasteiger partial charge in [-0.1, -0.05) is 20.8 Å². The molecule has 1 atom stereocenters. The number of ketones is 1. The van der Waals surface area contributed by atoms with E-state index in [9.17, 15) is 14.3 Å². The van der Waals surface area contributed by atoms with Crippen LogP contribution in [0.2, 0.25) is 0 Å². The van der Waals surface area contributed by atoms with E-state index < -0.39 is 5.82 Å². The molecule has 0 amide bonds. The fraction of sp³-hybridized carbons (Fsp3) is 0.367. The van der Waals surface area contributed by atoms with E-state index in [1.807, 2.05) is 32.9 Å². The summed E-state index contributed by atoms with van der Waals surface area (Å²) in [6.45, 7) is 9.97. The number of aliphatic hydroxyl groups excluding tert-OH is 1. The number of benzene rings is 2. The molecule has 3 heterocycles. The summed E-state index contributed by atoms with van der Waals surface area (Å²) in [6, 6.07) is 13.3. The Kier molecular flexibility index (Phi) is 7.73. The second-order valence-electron chi connectivity index (χ2n) is 11.4. The zero-order chi connectivity index (χ0) is 28.4. The molecule has 1 aliphatic rings. The van der Waals surface area contributed by atoms with Crippen LogP contribution >= 0.6 is 0 Å². The molecular formula is C30H36FN7O2. The summed E-state index contributed by atoms with van der Waals surface area (Å²) in [5.41, 5.74) is 2.87. The third-order valence-electron chi connectivity index (χ3n) is 7.41. The summed E-state index contributed by atoms with van der Waals surface area (Å²) in [7, 11) is 2.14. The predicted molar refractivity (Wildman–Crippen MR) is 157 cm³/mol. The largest absolute Gasteiger partial charge is 0.394 e. The highest BCUT2D eigenvalue weighted by Gasteiger charge is 2.27. The SMILES string of the molecule is CN1CCN(c2ccc(Nc3nc(N[C@H](CO)C(C)(C)C)c4c(C(=O)c5ccc(F)cc5)c[nH]c4n3)cc2)CC1. The molecule has 0 aliphatic carbocycles. The van der Waals surface area contributed by atoms with Crippen molar-refractivity contribution in [1.82, 2.24) is 19.9 Å². The molecular weight excluding hydrogens is 509 g/mol. The predicted octanol–water partition coefficient (Wildman–Crippen LogP) is 4.64. The van der Waals surface area contributed by atoms with Crippen molar-refractivity contribution in [3.8, 4) is 0 Å². The van der Waals surface area contributed by atoms with Crippen molar-refractivity contribution in [2.45, 2.75) is 26.8 Å². The number of likely N-dealkylation sites (N-methyl/N-ethyl adjacent to an activating group) is 1. The number of aliphatic hydroxyl groups is 1. The molecule has 40 heavy (non-hydrogen) atoms. The third-order valence-corrected chi connectivity index (χ3v) is 7.41. The molecule has 0 spiro atoms. The van der Waals surface area contributed by atoms with E-state index in [4.69, 9.17) is 4.98 Å². The molecule has 5 rings (SSSR count). The average molecular weight is 546 g/mol. The molecule has 0 radical (unpaired) electrons. The van der Waals surface area contributed by atoms with Gasteiger partial charge in [-0.2, -0.15) is 9.97 Å². The van der Waals surface area contributed by atoms with Gasteiger partial charge in [0.05, 0.1) is 23.6 Å². The number of carbonyl (C=O) groups excluding carboxylic acids is 1. The summed E-state index contributed by atoms with van der Waals surface area (Å²) in [5.74, 6) is 0.0663. The summed E-state index contributed by atoms with van der Waals surface area (Å²) >= 11 is 0. The van der Waals surface area contributed by atoms with Gasteiger partial charge >= 0.3 is 0 Å². The molecule has 4 aromatic rings. The number of fused-ring (bicyclic) bond motifs is 1. The molecule has 9 nitrogen and oxygen atoms in total. The number of halogens is 1. The van der Waals surface area contributed by atoms with Crippen molar-refractivity contribution in [3.63, 3.8) is 0 Å². The van der Waals surface area contributed by atoms with E-state index in [2.05, 4.69) is 49.6 Å². The Morgan fingerprint density at radius 1 is 1.05 bits per heavy atom. The monoisotopic (exact) mass is 545 g/mol. The van der Waals surface area contributed by atoms with Crippen LogP contribution in [0.3, 0.4) is 0 Å². The Morgan fingerprint density at radius 2 is 1.73 bits per heavy atom. The van der Waals surface area contributed by atoms with Crippen LogP contribution in [0.15, 0.2) is 54.7 Å². The Labute approximate surface area is 233 Å². The molecule has 0 saturated carbocycles. The van der Waals surface area contributed by atoms with Gasteiger partial charge in [0, 0.05) is 49.3 Å². The Morgan fingerprint density at radius 3 is 2.35 bits per heavy atom. The van der Waals surface area contributed by atoms with Crippen LogP contribution in [0.25, 0.3) is 11.0 Å². The quantitative estimate of drug-likeness (QED) is 0.237. The van der Waals surface area contributed by atoms with Crippen LogP contribution in [0, 0.1) is 11.2 Å². The van der Waals surface area contributed by atoms with E-state index in [1.165, 1.54) is 30.0 Å². The van der Waals surface area contributed by atoms with Crippen LogP contribution < -0.4 is 15.5 Å². The maximum Gasteiger partial charge on any atom is 0.231 e. The van der Waals surface area contributed by atoms with Gasteiger partial charge in [-0.05, 0) is 61.0 Å². The Hall–Kier alpha value is -4.02. The molecule has 2 aromatic carbocycles. The number of nitrogens with one attached hydrogen (secondary N) is 3. The van der Waals surface area contributed by atoms with Gasteiger partial charge in [0.2, 0.25) is 5.95 Å². The number of hydrogen-bond donors (Lipinski definition) is 4. The van der Waals surface area contributed by atoms with Gasteiger partial charge in [0.25, 0.3) is 0 Å². The van der Waals surface area contributed by atoms with Crippen molar-refractivity contribution in [3.05, 3.63) is 71.7 Å². The number of carbonyl (C=O) groups is 1. The molecule has 1 saturated heterocycles. The normalized spacial score (nSPS) is 15.3. The molecule has 1 fully saturated rings. The van der Waals surface area contributed by atoms with E-state index in [1.54, 1.807) is 6.20 Å². The highest BCUT2D eigenvalue weighted by atomic mass is 19.1.